The molecular weight excluding hydrogens is 430 g/mol. The van der Waals surface area contributed by atoms with Gasteiger partial charge in [-0.3, -0.25) is 19.2 Å². The van der Waals surface area contributed by atoms with Crippen molar-refractivity contribution in [1.29, 1.82) is 0 Å². The molecule has 1 saturated heterocycles. The van der Waals surface area contributed by atoms with Crippen molar-refractivity contribution in [3.8, 4) is 0 Å². The Morgan fingerprint density at radius 1 is 1.00 bits per heavy atom. The lowest BCUT2D eigenvalue weighted by Crippen LogP contribution is -2.42. The SMILES string of the molecule is CC1(c2ccc3ccccc3c2)NC(=O)N(CC(=O)Nc2cnn(Cc3ccccc3)c2)C1=O. The van der Waals surface area contributed by atoms with Crippen LogP contribution in [0.25, 0.3) is 10.8 Å². The van der Waals surface area contributed by atoms with Crippen LogP contribution in [0.3, 0.4) is 0 Å². The van der Waals surface area contributed by atoms with E-state index in [2.05, 4.69) is 15.7 Å². The first-order chi connectivity index (χ1) is 16.4. The molecule has 1 atom stereocenters. The number of urea groups is 1. The quantitative estimate of drug-likeness (QED) is 0.437. The summed E-state index contributed by atoms with van der Waals surface area (Å²) in [6, 6.07) is 22.6. The number of imide groups is 1. The third kappa shape index (κ3) is 4.01. The molecule has 5 rings (SSSR count). The van der Waals surface area contributed by atoms with E-state index in [1.165, 1.54) is 6.20 Å². The fraction of sp³-hybridized carbons (Fsp3) is 0.154. The molecule has 2 N–H and O–H groups in total. The van der Waals surface area contributed by atoms with Crippen LogP contribution >= 0.6 is 0 Å². The van der Waals surface area contributed by atoms with Crippen molar-refractivity contribution < 1.29 is 14.4 Å². The van der Waals surface area contributed by atoms with Gasteiger partial charge in [-0.05, 0) is 34.9 Å². The molecular formula is C26H23N5O3. The van der Waals surface area contributed by atoms with Crippen molar-refractivity contribution in [1.82, 2.24) is 20.0 Å². The van der Waals surface area contributed by atoms with Crippen LogP contribution < -0.4 is 10.6 Å². The largest absolute Gasteiger partial charge is 0.325 e. The Kier molecular flexibility index (Phi) is 5.33. The van der Waals surface area contributed by atoms with Crippen LogP contribution in [0.5, 0.6) is 0 Å². The molecule has 1 unspecified atom stereocenters. The van der Waals surface area contributed by atoms with Gasteiger partial charge in [0.05, 0.1) is 18.4 Å². The highest BCUT2D eigenvalue weighted by Gasteiger charge is 2.49. The minimum atomic E-state index is -1.25. The molecule has 170 valence electrons. The number of nitrogens with zero attached hydrogens (tertiary/aromatic N) is 3. The maximum Gasteiger partial charge on any atom is 0.325 e. The van der Waals surface area contributed by atoms with Gasteiger partial charge in [0.15, 0.2) is 0 Å². The van der Waals surface area contributed by atoms with E-state index in [9.17, 15) is 14.4 Å². The van der Waals surface area contributed by atoms with Crippen LogP contribution in [0.15, 0.2) is 85.2 Å². The lowest BCUT2D eigenvalue weighted by Gasteiger charge is -2.22. The summed E-state index contributed by atoms with van der Waals surface area (Å²) in [5, 5.41) is 11.7. The fourth-order valence-corrected chi connectivity index (χ4v) is 4.17. The van der Waals surface area contributed by atoms with Gasteiger partial charge >= 0.3 is 6.03 Å². The molecule has 0 radical (unpaired) electrons. The third-order valence-corrected chi connectivity index (χ3v) is 6.01. The zero-order valence-electron chi connectivity index (χ0n) is 18.6. The standard InChI is InChI=1S/C26H23N5O3/c1-26(21-12-11-19-9-5-6-10-20(19)13-21)24(33)31(25(34)29-26)17-23(32)28-22-14-27-30(16-22)15-18-7-3-2-4-8-18/h2-14,16H,15,17H2,1H3,(H,28,32)(H,29,34). The van der Waals surface area contributed by atoms with Gasteiger partial charge in [-0.15, -0.1) is 0 Å². The second-order valence-corrected chi connectivity index (χ2v) is 8.47. The number of hydrogen-bond acceptors (Lipinski definition) is 4. The van der Waals surface area contributed by atoms with Crippen molar-refractivity contribution in [2.24, 2.45) is 0 Å². The van der Waals surface area contributed by atoms with Crippen LogP contribution in [0, 0.1) is 0 Å². The van der Waals surface area contributed by atoms with Gasteiger partial charge in [-0.2, -0.15) is 5.10 Å². The van der Waals surface area contributed by atoms with Gasteiger partial charge in [-0.1, -0.05) is 66.7 Å². The maximum absolute atomic E-state index is 13.2. The van der Waals surface area contributed by atoms with E-state index in [0.717, 1.165) is 21.2 Å². The molecule has 2 heterocycles. The van der Waals surface area contributed by atoms with Crippen LogP contribution in [0.1, 0.15) is 18.1 Å². The average molecular weight is 454 g/mol. The van der Waals surface area contributed by atoms with Gasteiger partial charge in [0.1, 0.15) is 12.1 Å². The van der Waals surface area contributed by atoms with Crippen molar-refractivity contribution in [3.63, 3.8) is 0 Å². The summed E-state index contributed by atoms with van der Waals surface area (Å²) in [4.78, 5) is 39.4. The summed E-state index contributed by atoms with van der Waals surface area (Å²) in [6.45, 7) is 1.83. The smallest absolute Gasteiger partial charge is 0.322 e. The average Bonchev–Trinajstić information content (AvgIpc) is 3.36. The van der Waals surface area contributed by atoms with E-state index < -0.39 is 29.9 Å². The second-order valence-electron chi connectivity index (χ2n) is 8.47. The Bertz CT molecular complexity index is 1400. The number of hydrogen-bond donors (Lipinski definition) is 2. The van der Waals surface area contributed by atoms with Crippen LogP contribution in [-0.4, -0.2) is 39.1 Å². The Labute approximate surface area is 196 Å². The number of carbonyl (C=O) groups is 3. The first-order valence-electron chi connectivity index (χ1n) is 10.9. The molecule has 8 heteroatoms. The molecule has 34 heavy (non-hydrogen) atoms. The van der Waals surface area contributed by atoms with Gasteiger partial charge in [-0.25, -0.2) is 4.79 Å². The molecule has 1 aliphatic rings. The molecule has 0 aliphatic carbocycles. The van der Waals surface area contributed by atoms with Crippen LogP contribution in [0.4, 0.5) is 10.5 Å². The van der Waals surface area contributed by atoms with E-state index in [0.29, 0.717) is 17.8 Å². The van der Waals surface area contributed by atoms with Crippen molar-refractivity contribution in [3.05, 3.63) is 96.3 Å². The summed E-state index contributed by atoms with van der Waals surface area (Å²) in [5.41, 5.74) is 0.984. The first-order valence-corrected chi connectivity index (χ1v) is 10.9. The number of fused-ring (bicyclic) bond motifs is 1. The van der Waals surface area contributed by atoms with Crippen molar-refractivity contribution >= 4 is 34.3 Å². The minimum Gasteiger partial charge on any atom is -0.322 e. The summed E-state index contributed by atoms with van der Waals surface area (Å²) in [6.07, 6.45) is 3.24. The van der Waals surface area contributed by atoms with Crippen LogP contribution in [0.2, 0.25) is 0 Å². The number of carbonyl (C=O) groups excluding carboxylic acids is 3. The Morgan fingerprint density at radius 3 is 2.53 bits per heavy atom. The molecule has 4 amide bonds. The highest BCUT2D eigenvalue weighted by molar-refractivity contribution is 6.10. The van der Waals surface area contributed by atoms with Gasteiger partial charge in [0, 0.05) is 6.20 Å². The second kappa shape index (κ2) is 8.47. The Balaban J connectivity index is 1.27. The molecule has 0 saturated carbocycles. The zero-order chi connectivity index (χ0) is 23.7. The Morgan fingerprint density at radius 2 is 1.74 bits per heavy atom. The normalized spacial score (nSPS) is 17.7. The lowest BCUT2D eigenvalue weighted by molar-refractivity contribution is -0.133. The van der Waals surface area contributed by atoms with Crippen molar-refractivity contribution in [2.75, 3.05) is 11.9 Å². The summed E-state index contributed by atoms with van der Waals surface area (Å²) in [5.74, 6) is -0.951. The number of rotatable bonds is 6. The lowest BCUT2D eigenvalue weighted by atomic mass is 9.90. The molecule has 8 nitrogen and oxygen atoms in total. The predicted octanol–water partition coefficient (Wildman–Crippen LogP) is 3.49. The number of aromatic nitrogens is 2. The summed E-state index contributed by atoms with van der Waals surface area (Å²) in [7, 11) is 0. The predicted molar refractivity (Wildman–Crippen MR) is 128 cm³/mol. The maximum atomic E-state index is 13.2. The molecule has 4 aromatic rings. The van der Waals surface area contributed by atoms with E-state index in [1.807, 2.05) is 72.8 Å². The van der Waals surface area contributed by atoms with Gasteiger partial charge in [0.25, 0.3) is 5.91 Å². The molecule has 1 aromatic heterocycles. The molecule has 0 spiro atoms. The zero-order valence-corrected chi connectivity index (χ0v) is 18.6. The number of anilines is 1. The highest BCUT2D eigenvalue weighted by Crippen LogP contribution is 2.31. The van der Waals surface area contributed by atoms with E-state index in [-0.39, 0.29) is 0 Å². The number of amides is 4. The topological polar surface area (TPSA) is 96.3 Å². The highest BCUT2D eigenvalue weighted by atomic mass is 16.2. The number of nitrogens with one attached hydrogen (secondary N) is 2. The van der Waals surface area contributed by atoms with E-state index in [4.69, 9.17) is 0 Å². The van der Waals surface area contributed by atoms with Gasteiger partial charge < -0.3 is 10.6 Å². The first kappa shape index (κ1) is 21.4. The molecule has 1 aliphatic heterocycles. The molecule has 1 fully saturated rings. The summed E-state index contributed by atoms with van der Waals surface area (Å²) >= 11 is 0. The Hall–Kier alpha value is -4.46. The van der Waals surface area contributed by atoms with Crippen LogP contribution in [-0.2, 0) is 21.7 Å². The summed E-state index contributed by atoms with van der Waals surface area (Å²) < 4.78 is 1.70. The van der Waals surface area contributed by atoms with E-state index >= 15 is 0 Å². The minimum absolute atomic E-state index is 0.391. The number of benzene rings is 3. The molecule has 0 bridgehead atoms. The fourth-order valence-electron chi connectivity index (χ4n) is 4.17. The third-order valence-electron chi connectivity index (χ3n) is 6.01. The van der Waals surface area contributed by atoms with Gasteiger partial charge in [0.2, 0.25) is 5.91 Å². The van der Waals surface area contributed by atoms with E-state index in [1.54, 1.807) is 17.8 Å². The van der Waals surface area contributed by atoms with Crippen molar-refractivity contribution in [2.45, 2.75) is 19.0 Å². The molecule has 3 aromatic carbocycles. The monoisotopic (exact) mass is 453 g/mol.